The maximum absolute atomic E-state index is 12.5. The zero-order chi connectivity index (χ0) is 20.1. The lowest BCUT2D eigenvalue weighted by Gasteiger charge is -2.08. The van der Waals surface area contributed by atoms with E-state index in [0.29, 0.717) is 28.4 Å². The lowest BCUT2D eigenvalue weighted by molar-refractivity contribution is -0.120. The molecule has 0 saturated heterocycles. The molecule has 1 N–H and O–H groups in total. The summed E-state index contributed by atoms with van der Waals surface area (Å²) >= 11 is 1.51. The smallest absolute Gasteiger partial charge is 0.343 e. The molecule has 1 aliphatic rings. The Balaban J connectivity index is 1.41. The minimum absolute atomic E-state index is 0.130. The summed E-state index contributed by atoms with van der Waals surface area (Å²) in [6.07, 6.45) is 1.70. The van der Waals surface area contributed by atoms with Crippen LogP contribution in [-0.2, 0) is 11.2 Å². The van der Waals surface area contributed by atoms with Crippen LogP contribution in [0.15, 0.2) is 65.1 Å². The van der Waals surface area contributed by atoms with Crippen molar-refractivity contribution < 1.29 is 23.8 Å². The molecular weight excluding hydrogens is 392 g/mol. The minimum atomic E-state index is -0.536. The average Bonchev–Trinajstić information content (AvgIpc) is 3.40. The summed E-state index contributed by atoms with van der Waals surface area (Å²) in [5.41, 5.74) is 3.37. The Morgan fingerprint density at radius 3 is 2.83 bits per heavy atom. The van der Waals surface area contributed by atoms with Crippen molar-refractivity contribution in [3.05, 3.63) is 76.0 Å². The maximum Gasteiger partial charge on any atom is 0.343 e. The van der Waals surface area contributed by atoms with Crippen LogP contribution in [0.2, 0.25) is 0 Å². The van der Waals surface area contributed by atoms with Crippen LogP contribution in [0, 0.1) is 0 Å². The number of carbonyl (C=O) groups is 2. The van der Waals surface area contributed by atoms with E-state index in [-0.39, 0.29) is 19.1 Å². The van der Waals surface area contributed by atoms with Crippen molar-refractivity contribution >= 4 is 29.4 Å². The summed E-state index contributed by atoms with van der Waals surface area (Å²) in [4.78, 5) is 25.4. The van der Waals surface area contributed by atoms with Gasteiger partial charge >= 0.3 is 5.97 Å². The van der Waals surface area contributed by atoms with Crippen LogP contribution in [-0.4, -0.2) is 24.9 Å². The standard InChI is InChI=1S/C21H16N2O5S/c24-20(11-16-5-3-9-29-16)23-22-12-15-4-1-2-6-17(15)28-21(25)14-7-8-18-19(10-14)27-13-26-18/h1-10,12H,11,13H2,(H,23,24)/b22-12+. The number of esters is 1. The molecule has 3 aromatic rings. The summed E-state index contributed by atoms with van der Waals surface area (Å²) < 4.78 is 16.0. The second-order valence-corrected chi connectivity index (χ2v) is 7.08. The van der Waals surface area contributed by atoms with E-state index in [1.54, 1.807) is 42.5 Å². The number of rotatable bonds is 6. The zero-order valence-corrected chi connectivity index (χ0v) is 16.0. The number of hydrazone groups is 1. The van der Waals surface area contributed by atoms with Gasteiger partial charge in [0.2, 0.25) is 12.7 Å². The molecule has 7 nitrogen and oxygen atoms in total. The molecule has 8 heteroatoms. The molecule has 0 unspecified atom stereocenters. The highest BCUT2D eigenvalue weighted by Gasteiger charge is 2.18. The molecule has 1 amide bonds. The second-order valence-electron chi connectivity index (χ2n) is 6.04. The van der Waals surface area contributed by atoms with Crippen LogP contribution in [0.1, 0.15) is 20.8 Å². The number of thiophene rings is 1. The SMILES string of the molecule is O=C(Cc1cccs1)N/N=C/c1ccccc1OC(=O)c1ccc2c(c1)OCO2. The Kier molecular flexibility index (Phi) is 5.53. The van der Waals surface area contributed by atoms with E-state index in [0.717, 1.165) is 4.88 Å². The number of benzene rings is 2. The van der Waals surface area contributed by atoms with Crippen LogP contribution in [0.3, 0.4) is 0 Å². The molecule has 2 aromatic carbocycles. The first-order valence-electron chi connectivity index (χ1n) is 8.74. The molecule has 0 spiro atoms. The molecule has 4 rings (SSSR count). The topological polar surface area (TPSA) is 86.2 Å². The van der Waals surface area contributed by atoms with E-state index in [1.807, 2.05) is 17.5 Å². The van der Waals surface area contributed by atoms with Crippen molar-refractivity contribution in [2.45, 2.75) is 6.42 Å². The normalized spacial score (nSPS) is 12.1. The summed E-state index contributed by atoms with van der Waals surface area (Å²) in [6.45, 7) is 0.130. The number of nitrogens with one attached hydrogen (secondary N) is 1. The number of fused-ring (bicyclic) bond motifs is 1. The van der Waals surface area contributed by atoms with Gasteiger partial charge in [-0.15, -0.1) is 11.3 Å². The third-order valence-electron chi connectivity index (χ3n) is 4.04. The van der Waals surface area contributed by atoms with Crippen LogP contribution in [0.5, 0.6) is 17.2 Å². The highest BCUT2D eigenvalue weighted by atomic mass is 32.1. The van der Waals surface area contributed by atoms with Crippen LogP contribution < -0.4 is 19.6 Å². The van der Waals surface area contributed by atoms with E-state index < -0.39 is 5.97 Å². The molecule has 146 valence electrons. The van der Waals surface area contributed by atoms with Gasteiger partial charge in [-0.1, -0.05) is 18.2 Å². The van der Waals surface area contributed by atoms with Crippen molar-refractivity contribution in [1.82, 2.24) is 5.43 Å². The first-order chi connectivity index (χ1) is 14.2. The molecule has 0 saturated carbocycles. The number of ether oxygens (including phenoxy) is 3. The minimum Gasteiger partial charge on any atom is -0.454 e. The quantitative estimate of drug-likeness (QED) is 0.292. The second kappa shape index (κ2) is 8.57. The summed E-state index contributed by atoms with van der Waals surface area (Å²) in [5.74, 6) is 0.658. The zero-order valence-electron chi connectivity index (χ0n) is 15.2. The molecule has 2 heterocycles. The van der Waals surface area contributed by atoms with Gasteiger partial charge in [0, 0.05) is 10.4 Å². The van der Waals surface area contributed by atoms with Gasteiger partial charge in [0.05, 0.1) is 18.2 Å². The van der Waals surface area contributed by atoms with Gasteiger partial charge in [0.15, 0.2) is 11.5 Å². The molecule has 0 fully saturated rings. The van der Waals surface area contributed by atoms with E-state index in [1.165, 1.54) is 17.6 Å². The number of para-hydroxylation sites is 1. The summed E-state index contributed by atoms with van der Waals surface area (Å²) in [5, 5.41) is 5.88. The molecule has 1 aromatic heterocycles. The largest absolute Gasteiger partial charge is 0.454 e. The van der Waals surface area contributed by atoms with Crippen LogP contribution >= 0.6 is 11.3 Å². The Morgan fingerprint density at radius 1 is 1.10 bits per heavy atom. The van der Waals surface area contributed by atoms with Crippen molar-refractivity contribution in [3.63, 3.8) is 0 Å². The van der Waals surface area contributed by atoms with Gasteiger partial charge in [0.25, 0.3) is 0 Å². The van der Waals surface area contributed by atoms with Gasteiger partial charge in [-0.3, -0.25) is 4.79 Å². The number of nitrogens with zero attached hydrogens (tertiary/aromatic N) is 1. The predicted octanol–water partition coefficient (Wildman–Crippen LogP) is 3.39. The average molecular weight is 408 g/mol. The Morgan fingerprint density at radius 2 is 1.97 bits per heavy atom. The number of hydrogen-bond acceptors (Lipinski definition) is 7. The van der Waals surface area contributed by atoms with E-state index in [9.17, 15) is 9.59 Å². The van der Waals surface area contributed by atoms with Crippen LogP contribution in [0.25, 0.3) is 0 Å². The Hall–Kier alpha value is -3.65. The number of carbonyl (C=O) groups excluding carboxylic acids is 2. The summed E-state index contributed by atoms with van der Waals surface area (Å²) in [6, 6.07) is 15.5. The maximum atomic E-state index is 12.5. The van der Waals surface area contributed by atoms with Crippen molar-refractivity contribution in [1.29, 1.82) is 0 Å². The molecule has 0 bridgehead atoms. The highest BCUT2D eigenvalue weighted by Crippen LogP contribution is 2.32. The third kappa shape index (κ3) is 4.61. The highest BCUT2D eigenvalue weighted by molar-refractivity contribution is 7.10. The lowest BCUT2D eigenvalue weighted by atomic mass is 10.2. The molecular formula is C21H16N2O5S. The van der Waals surface area contributed by atoms with Gasteiger partial charge in [-0.05, 0) is 41.8 Å². The molecule has 29 heavy (non-hydrogen) atoms. The lowest BCUT2D eigenvalue weighted by Crippen LogP contribution is -2.19. The Labute approximate surface area is 170 Å². The van der Waals surface area contributed by atoms with E-state index in [2.05, 4.69) is 10.5 Å². The van der Waals surface area contributed by atoms with Crippen LogP contribution in [0.4, 0.5) is 0 Å². The molecule has 0 atom stereocenters. The summed E-state index contributed by atoms with van der Waals surface area (Å²) in [7, 11) is 0. The van der Waals surface area contributed by atoms with Gasteiger partial charge in [-0.2, -0.15) is 5.10 Å². The monoisotopic (exact) mass is 408 g/mol. The molecule has 0 radical (unpaired) electrons. The molecule has 1 aliphatic heterocycles. The predicted molar refractivity (Wildman–Crippen MR) is 108 cm³/mol. The van der Waals surface area contributed by atoms with Crippen molar-refractivity contribution in [2.75, 3.05) is 6.79 Å². The van der Waals surface area contributed by atoms with E-state index >= 15 is 0 Å². The van der Waals surface area contributed by atoms with Gasteiger partial charge < -0.3 is 14.2 Å². The first-order valence-corrected chi connectivity index (χ1v) is 9.62. The van der Waals surface area contributed by atoms with Crippen molar-refractivity contribution in [3.8, 4) is 17.2 Å². The van der Waals surface area contributed by atoms with Crippen molar-refractivity contribution in [2.24, 2.45) is 5.10 Å². The molecule has 0 aliphatic carbocycles. The number of hydrogen-bond donors (Lipinski definition) is 1. The Bertz CT molecular complexity index is 1060. The van der Waals surface area contributed by atoms with Gasteiger partial charge in [-0.25, -0.2) is 10.2 Å². The van der Waals surface area contributed by atoms with E-state index in [4.69, 9.17) is 14.2 Å². The third-order valence-corrected chi connectivity index (χ3v) is 4.91. The fourth-order valence-corrected chi connectivity index (χ4v) is 3.35. The number of amides is 1. The fraction of sp³-hybridized carbons (Fsp3) is 0.0952. The fourth-order valence-electron chi connectivity index (χ4n) is 2.65. The first kappa shape index (κ1) is 18.7. The van der Waals surface area contributed by atoms with Gasteiger partial charge in [0.1, 0.15) is 5.75 Å².